The molecule has 0 unspecified atom stereocenters. The number of benzene rings is 2. The summed E-state index contributed by atoms with van der Waals surface area (Å²) in [5.74, 6) is 0.940. The van der Waals surface area contributed by atoms with Gasteiger partial charge in [-0.3, -0.25) is 9.10 Å². The van der Waals surface area contributed by atoms with Gasteiger partial charge in [0, 0.05) is 6.07 Å². The Labute approximate surface area is 172 Å². The van der Waals surface area contributed by atoms with Crippen LogP contribution < -0.4 is 19.1 Å². The highest BCUT2D eigenvalue weighted by atomic mass is 32.2. The van der Waals surface area contributed by atoms with Crippen molar-refractivity contribution < 1.29 is 22.7 Å². The van der Waals surface area contributed by atoms with Crippen molar-refractivity contribution in [3.05, 3.63) is 54.1 Å². The zero-order valence-electron chi connectivity index (χ0n) is 17.2. The molecule has 29 heavy (non-hydrogen) atoms. The average Bonchev–Trinajstić information content (AvgIpc) is 2.69. The normalized spacial score (nSPS) is 12.1. The van der Waals surface area contributed by atoms with Gasteiger partial charge >= 0.3 is 0 Å². The molecule has 7 nitrogen and oxygen atoms in total. The van der Waals surface area contributed by atoms with Crippen LogP contribution in [0.15, 0.2) is 48.5 Å². The van der Waals surface area contributed by atoms with Gasteiger partial charge in [-0.1, -0.05) is 30.7 Å². The van der Waals surface area contributed by atoms with E-state index in [9.17, 15) is 13.2 Å². The minimum atomic E-state index is -3.64. The van der Waals surface area contributed by atoms with E-state index in [1.807, 2.05) is 31.2 Å². The second-order valence-electron chi connectivity index (χ2n) is 6.64. The van der Waals surface area contributed by atoms with Crippen molar-refractivity contribution in [2.24, 2.45) is 0 Å². The quantitative estimate of drug-likeness (QED) is 0.598. The van der Waals surface area contributed by atoms with Crippen LogP contribution in [0.5, 0.6) is 11.5 Å². The summed E-state index contributed by atoms with van der Waals surface area (Å²) in [6.07, 6.45) is 1.44. The van der Waals surface area contributed by atoms with Crippen LogP contribution in [0.3, 0.4) is 0 Å². The third-order valence-corrected chi connectivity index (χ3v) is 5.51. The first-order valence-corrected chi connectivity index (χ1v) is 11.2. The highest BCUT2D eigenvalue weighted by Crippen LogP contribution is 2.23. The maximum atomic E-state index is 12.7. The average molecular weight is 421 g/mol. The Morgan fingerprint density at radius 3 is 2.38 bits per heavy atom. The van der Waals surface area contributed by atoms with E-state index in [1.165, 1.54) is 4.31 Å². The van der Waals surface area contributed by atoms with Crippen LogP contribution in [0, 0.1) is 6.92 Å². The molecule has 0 aliphatic heterocycles. The molecule has 0 fully saturated rings. The Morgan fingerprint density at radius 2 is 1.79 bits per heavy atom. The van der Waals surface area contributed by atoms with Crippen molar-refractivity contribution in [1.29, 1.82) is 0 Å². The van der Waals surface area contributed by atoms with Crippen LogP contribution in [-0.2, 0) is 14.8 Å². The van der Waals surface area contributed by atoms with Crippen LogP contribution in [0.1, 0.15) is 18.9 Å². The number of ether oxygens (including phenoxy) is 2. The monoisotopic (exact) mass is 420 g/mol. The number of sulfonamides is 1. The summed E-state index contributed by atoms with van der Waals surface area (Å²) in [7, 11) is -2.07. The van der Waals surface area contributed by atoms with Gasteiger partial charge in [0.15, 0.2) is 0 Å². The number of carbonyl (C=O) groups excluding carboxylic acids is 1. The molecule has 0 aromatic heterocycles. The van der Waals surface area contributed by atoms with Crippen molar-refractivity contribution in [2.45, 2.75) is 26.3 Å². The van der Waals surface area contributed by atoms with Crippen molar-refractivity contribution in [1.82, 2.24) is 5.32 Å². The molecule has 1 amide bonds. The molecule has 0 bridgehead atoms. The first-order valence-electron chi connectivity index (χ1n) is 9.37. The molecule has 0 heterocycles. The molecule has 0 aliphatic rings. The fourth-order valence-electron chi connectivity index (χ4n) is 2.90. The van der Waals surface area contributed by atoms with Gasteiger partial charge in [0.25, 0.3) is 0 Å². The van der Waals surface area contributed by atoms with Crippen LogP contribution in [0.25, 0.3) is 0 Å². The summed E-state index contributed by atoms with van der Waals surface area (Å²) in [4.78, 5) is 12.7. The molecular weight excluding hydrogens is 392 g/mol. The van der Waals surface area contributed by atoms with E-state index in [-0.39, 0.29) is 19.1 Å². The topological polar surface area (TPSA) is 84.9 Å². The number of amides is 1. The van der Waals surface area contributed by atoms with Gasteiger partial charge in [0.1, 0.15) is 24.1 Å². The summed E-state index contributed by atoms with van der Waals surface area (Å²) < 4.78 is 36.7. The lowest BCUT2D eigenvalue weighted by atomic mass is 10.1. The lowest BCUT2D eigenvalue weighted by Gasteiger charge is -2.30. The third kappa shape index (κ3) is 6.39. The van der Waals surface area contributed by atoms with E-state index in [2.05, 4.69) is 5.32 Å². The number of anilines is 1. The number of hydrogen-bond acceptors (Lipinski definition) is 5. The molecular formula is C21H28N2O5S. The number of aryl methyl sites for hydroxylation is 1. The predicted octanol–water partition coefficient (Wildman–Crippen LogP) is 2.74. The van der Waals surface area contributed by atoms with Gasteiger partial charge in [0.05, 0.1) is 25.6 Å². The summed E-state index contributed by atoms with van der Waals surface area (Å²) in [6.45, 7) is 4.20. The number of nitrogens with one attached hydrogen (secondary N) is 1. The summed E-state index contributed by atoms with van der Waals surface area (Å²) in [6, 6.07) is 13.4. The smallest absolute Gasteiger partial charge is 0.244 e. The summed E-state index contributed by atoms with van der Waals surface area (Å²) in [5.41, 5.74) is 1.47. The maximum absolute atomic E-state index is 12.7. The van der Waals surface area contributed by atoms with Gasteiger partial charge in [-0.2, -0.15) is 0 Å². The van der Waals surface area contributed by atoms with E-state index in [4.69, 9.17) is 9.47 Å². The minimum absolute atomic E-state index is 0.248. The fourth-order valence-corrected chi connectivity index (χ4v) is 4.12. The van der Waals surface area contributed by atoms with Crippen molar-refractivity contribution in [3.63, 3.8) is 0 Å². The second-order valence-corrected chi connectivity index (χ2v) is 8.50. The van der Waals surface area contributed by atoms with Gasteiger partial charge in [-0.15, -0.1) is 0 Å². The Morgan fingerprint density at radius 1 is 1.14 bits per heavy atom. The van der Waals surface area contributed by atoms with Crippen LogP contribution in [0.2, 0.25) is 0 Å². The summed E-state index contributed by atoms with van der Waals surface area (Å²) in [5, 5.41) is 2.76. The number of nitrogens with zero attached hydrogens (tertiary/aromatic N) is 1. The summed E-state index contributed by atoms with van der Waals surface area (Å²) >= 11 is 0. The van der Waals surface area contributed by atoms with E-state index in [0.717, 1.165) is 11.8 Å². The molecule has 2 rings (SSSR count). The zero-order valence-corrected chi connectivity index (χ0v) is 18.0. The van der Waals surface area contributed by atoms with Gasteiger partial charge in [0.2, 0.25) is 15.9 Å². The number of carbonyl (C=O) groups is 1. The highest BCUT2D eigenvalue weighted by Gasteiger charge is 2.31. The van der Waals surface area contributed by atoms with E-state index in [0.29, 0.717) is 23.6 Å². The van der Waals surface area contributed by atoms with E-state index in [1.54, 1.807) is 38.3 Å². The molecule has 2 aromatic carbocycles. The molecule has 0 aliphatic carbocycles. The number of rotatable bonds is 10. The number of hydrogen-bond donors (Lipinski definition) is 1. The van der Waals surface area contributed by atoms with Crippen LogP contribution in [0.4, 0.5) is 5.69 Å². The second kappa shape index (κ2) is 10.2. The predicted molar refractivity (Wildman–Crippen MR) is 114 cm³/mol. The van der Waals surface area contributed by atoms with Gasteiger partial charge in [-0.05, 0) is 37.6 Å². The molecule has 8 heteroatoms. The molecule has 2 aromatic rings. The highest BCUT2D eigenvalue weighted by molar-refractivity contribution is 7.92. The first-order chi connectivity index (χ1) is 13.8. The molecule has 0 saturated heterocycles. The Hall–Kier alpha value is -2.74. The van der Waals surface area contributed by atoms with Gasteiger partial charge < -0.3 is 14.8 Å². The van der Waals surface area contributed by atoms with Crippen LogP contribution >= 0.6 is 0 Å². The zero-order chi connectivity index (χ0) is 21.4. The fraction of sp³-hybridized carbons (Fsp3) is 0.381. The molecule has 1 atom stereocenters. The van der Waals surface area contributed by atoms with Crippen molar-refractivity contribution in [2.75, 3.05) is 30.8 Å². The SMILES string of the molecule is CC[C@@H](C(=O)NCCOc1cccc(OC)c1)N(c1ccc(C)cc1)S(C)(=O)=O. The lowest BCUT2D eigenvalue weighted by molar-refractivity contribution is -0.122. The molecule has 0 radical (unpaired) electrons. The Kier molecular flexibility index (Phi) is 7.90. The van der Waals surface area contributed by atoms with E-state index >= 15 is 0 Å². The van der Waals surface area contributed by atoms with Crippen LogP contribution in [-0.4, -0.2) is 46.9 Å². The lowest BCUT2D eigenvalue weighted by Crippen LogP contribution is -2.50. The van der Waals surface area contributed by atoms with Crippen molar-refractivity contribution in [3.8, 4) is 11.5 Å². The minimum Gasteiger partial charge on any atom is -0.497 e. The Bertz CT molecular complexity index is 913. The molecule has 158 valence electrons. The van der Waals surface area contributed by atoms with Gasteiger partial charge in [-0.25, -0.2) is 8.42 Å². The molecule has 0 spiro atoms. The maximum Gasteiger partial charge on any atom is 0.244 e. The first kappa shape index (κ1) is 22.5. The standard InChI is InChI=1S/C21H28N2O5S/c1-5-20(23(29(4,25)26)17-11-9-16(2)10-12-17)21(24)22-13-14-28-19-8-6-7-18(15-19)27-3/h6-12,15,20H,5,13-14H2,1-4H3,(H,22,24)/t20-/m0/s1. The van der Waals surface area contributed by atoms with Crippen molar-refractivity contribution >= 4 is 21.6 Å². The largest absolute Gasteiger partial charge is 0.497 e. The third-order valence-electron chi connectivity index (χ3n) is 4.33. The molecule has 1 N–H and O–H groups in total. The number of methoxy groups -OCH3 is 1. The Balaban J connectivity index is 2.02. The van der Waals surface area contributed by atoms with E-state index < -0.39 is 16.1 Å². The molecule has 0 saturated carbocycles.